The Morgan fingerprint density at radius 1 is 1.80 bits per heavy atom. The Kier molecular flexibility index (Phi) is 2.60. The van der Waals surface area contributed by atoms with Crippen LogP contribution in [0.4, 0.5) is 0 Å². The fourth-order valence-electron chi connectivity index (χ4n) is 0.424. The van der Waals surface area contributed by atoms with Crippen molar-refractivity contribution in [2.45, 2.75) is 19.4 Å². The second kappa shape index (κ2) is 2.84. The van der Waals surface area contributed by atoms with E-state index in [4.69, 9.17) is 5.11 Å². The van der Waals surface area contributed by atoms with E-state index in [2.05, 4.69) is 6.58 Å². The molecule has 0 saturated heterocycles. The summed E-state index contributed by atoms with van der Waals surface area (Å²) in [4.78, 5) is 10.3. The minimum absolute atomic E-state index is 0.440. The number of aliphatic hydroxyl groups is 1. The molecule has 0 aromatic rings. The van der Waals surface area contributed by atoms with E-state index in [1.54, 1.807) is 6.92 Å². The molecule has 2 atom stereocenters. The Labute approximate surface area is 60.0 Å². The molecule has 0 unspecified atom stereocenters. The SMILES string of the molecule is C=C[C@@H](C)[C@](C)(O)C(=O)O. The number of carboxylic acid groups (broad SMARTS) is 1. The van der Waals surface area contributed by atoms with Crippen LogP contribution in [0.25, 0.3) is 0 Å². The molecule has 0 fully saturated rings. The zero-order valence-corrected chi connectivity index (χ0v) is 6.16. The number of carboxylic acids is 1. The van der Waals surface area contributed by atoms with Crippen LogP contribution in [0.15, 0.2) is 12.7 Å². The maximum atomic E-state index is 10.3. The predicted molar refractivity (Wildman–Crippen MR) is 37.6 cm³/mol. The number of hydrogen-bond acceptors (Lipinski definition) is 2. The molecule has 0 rings (SSSR count). The smallest absolute Gasteiger partial charge is 0.335 e. The predicted octanol–water partition coefficient (Wildman–Crippen LogP) is 0.644. The van der Waals surface area contributed by atoms with Gasteiger partial charge in [0.25, 0.3) is 0 Å². The van der Waals surface area contributed by atoms with Crippen LogP contribution in [-0.2, 0) is 4.79 Å². The Hall–Kier alpha value is -0.830. The summed E-state index contributed by atoms with van der Waals surface area (Å²) in [5.41, 5.74) is -1.69. The van der Waals surface area contributed by atoms with Crippen molar-refractivity contribution >= 4 is 5.97 Å². The van der Waals surface area contributed by atoms with Crippen LogP contribution >= 0.6 is 0 Å². The van der Waals surface area contributed by atoms with E-state index >= 15 is 0 Å². The lowest BCUT2D eigenvalue weighted by Gasteiger charge is -2.22. The largest absolute Gasteiger partial charge is 0.479 e. The molecule has 0 aromatic carbocycles. The van der Waals surface area contributed by atoms with E-state index < -0.39 is 17.5 Å². The Balaban J connectivity index is 4.38. The van der Waals surface area contributed by atoms with Crippen LogP contribution in [-0.4, -0.2) is 21.8 Å². The standard InChI is InChI=1S/C7H12O3/c1-4-5(2)7(3,10)6(8)9/h4-5,10H,1H2,2-3H3,(H,8,9)/t5-,7+/m1/s1. The normalized spacial score (nSPS) is 19.1. The summed E-state index contributed by atoms with van der Waals surface area (Å²) in [6.07, 6.45) is 1.41. The lowest BCUT2D eigenvalue weighted by molar-refractivity contribution is -0.159. The van der Waals surface area contributed by atoms with Crippen molar-refractivity contribution in [2.75, 3.05) is 0 Å². The van der Waals surface area contributed by atoms with E-state index in [1.165, 1.54) is 13.0 Å². The fraction of sp³-hybridized carbons (Fsp3) is 0.571. The Morgan fingerprint density at radius 3 is 2.30 bits per heavy atom. The van der Waals surface area contributed by atoms with Gasteiger partial charge >= 0.3 is 5.97 Å². The summed E-state index contributed by atoms with van der Waals surface area (Å²) in [6.45, 7) is 6.24. The van der Waals surface area contributed by atoms with Crippen molar-refractivity contribution in [1.82, 2.24) is 0 Å². The van der Waals surface area contributed by atoms with Crippen LogP contribution in [0.2, 0.25) is 0 Å². The summed E-state index contributed by atoms with van der Waals surface area (Å²) >= 11 is 0. The molecule has 0 heterocycles. The second-order valence-corrected chi connectivity index (χ2v) is 2.48. The average Bonchev–Trinajstić information content (AvgIpc) is 1.86. The van der Waals surface area contributed by atoms with Gasteiger partial charge in [-0.05, 0) is 6.92 Å². The van der Waals surface area contributed by atoms with Crippen molar-refractivity contribution in [3.8, 4) is 0 Å². The minimum Gasteiger partial charge on any atom is -0.479 e. The average molecular weight is 144 g/mol. The van der Waals surface area contributed by atoms with Gasteiger partial charge < -0.3 is 10.2 Å². The highest BCUT2D eigenvalue weighted by Gasteiger charge is 2.34. The highest BCUT2D eigenvalue weighted by atomic mass is 16.4. The van der Waals surface area contributed by atoms with Crippen LogP contribution in [0.1, 0.15) is 13.8 Å². The van der Waals surface area contributed by atoms with Gasteiger partial charge in [-0.25, -0.2) is 4.79 Å². The molecule has 3 heteroatoms. The molecule has 0 aliphatic rings. The van der Waals surface area contributed by atoms with Crippen LogP contribution in [0.5, 0.6) is 0 Å². The fourth-order valence-corrected chi connectivity index (χ4v) is 0.424. The molecule has 0 saturated carbocycles. The number of hydrogen-bond donors (Lipinski definition) is 2. The molecule has 0 bridgehead atoms. The van der Waals surface area contributed by atoms with Crippen molar-refractivity contribution in [2.24, 2.45) is 5.92 Å². The van der Waals surface area contributed by atoms with Gasteiger partial charge in [-0.3, -0.25) is 0 Å². The maximum Gasteiger partial charge on any atom is 0.335 e. The topological polar surface area (TPSA) is 57.5 Å². The molecule has 2 N–H and O–H groups in total. The van der Waals surface area contributed by atoms with Crippen LogP contribution < -0.4 is 0 Å². The van der Waals surface area contributed by atoms with Gasteiger partial charge in [-0.2, -0.15) is 0 Å². The molecule has 58 valence electrons. The minimum atomic E-state index is -1.69. The van der Waals surface area contributed by atoms with Gasteiger partial charge in [0.05, 0.1) is 0 Å². The molecule has 0 aromatic heterocycles. The zero-order valence-electron chi connectivity index (χ0n) is 6.16. The number of aliphatic carboxylic acids is 1. The third-order valence-electron chi connectivity index (χ3n) is 1.67. The Morgan fingerprint density at radius 2 is 2.20 bits per heavy atom. The highest BCUT2D eigenvalue weighted by Crippen LogP contribution is 2.17. The summed E-state index contributed by atoms with van der Waals surface area (Å²) in [5.74, 6) is -1.66. The zero-order chi connectivity index (χ0) is 8.36. The number of rotatable bonds is 3. The molecule has 0 spiro atoms. The molecular formula is C7H12O3. The van der Waals surface area contributed by atoms with Gasteiger partial charge in [0.2, 0.25) is 0 Å². The first-order chi connectivity index (χ1) is 4.42. The quantitative estimate of drug-likeness (QED) is 0.571. The molecular weight excluding hydrogens is 132 g/mol. The molecule has 10 heavy (non-hydrogen) atoms. The molecule has 0 aliphatic carbocycles. The first-order valence-electron chi connectivity index (χ1n) is 3.01. The summed E-state index contributed by atoms with van der Waals surface area (Å²) in [5, 5.41) is 17.6. The summed E-state index contributed by atoms with van der Waals surface area (Å²) < 4.78 is 0. The lowest BCUT2D eigenvalue weighted by atomic mass is 9.91. The summed E-state index contributed by atoms with van der Waals surface area (Å²) in [7, 11) is 0. The van der Waals surface area contributed by atoms with Crippen LogP contribution in [0.3, 0.4) is 0 Å². The molecule has 3 nitrogen and oxygen atoms in total. The van der Waals surface area contributed by atoms with E-state index in [0.717, 1.165) is 0 Å². The van der Waals surface area contributed by atoms with Gasteiger partial charge in [0.15, 0.2) is 5.60 Å². The van der Waals surface area contributed by atoms with Gasteiger partial charge in [0.1, 0.15) is 0 Å². The molecule has 0 radical (unpaired) electrons. The third-order valence-corrected chi connectivity index (χ3v) is 1.67. The van der Waals surface area contributed by atoms with Gasteiger partial charge in [-0.1, -0.05) is 13.0 Å². The number of carbonyl (C=O) groups is 1. The van der Waals surface area contributed by atoms with E-state index in [9.17, 15) is 9.90 Å². The van der Waals surface area contributed by atoms with Crippen molar-refractivity contribution in [3.05, 3.63) is 12.7 Å². The van der Waals surface area contributed by atoms with Crippen molar-refractivity contribution in [1.29, 1.82) is 0 Å². The third kappa shape index (κ3) is 1.57. The first kappa shape index (κ1) is 9.17. The monoisotopic (exact) mass is 144 g/mol. The van der Waals surface area contributed by atoms with Crippen molar-refractivity contribution in [3.63, 3.8) is 0 Å². The second-order valence-electron chi connectivity index (χ2n) is 2.48. The Bertz CT molecular complexity index is 149. The molecule has 0 aliphatic heterocycles. The van der Waals surface area contributed by atoms with Crippen LogP contribution in [0, 0.1) is 5.92 Å². The van der Waals surface area contributed by atoms with Gasteiger partial charge in [0, 0.05) is 5.92 Å². The highest BCUT2D eigenvalue weighted by molar-refractivity contribution is 5.77. The van der Waals surface area contributed by atoms with Gasteiger partial charge in [-0.15, -0.1) is 6.58 Å². The summed E-state index contributed by atoms with van der Waals surface area (Å²) in [6, 6.07) is 0. The maximum absolute atomic E-state index is 10.3. The lowest BCUT2D eigenvalue weighted by Crippen LogP contribution is -2.40. The first-order valence-corrected chi connectivity index (χ1v) is 3.01. The van der Waals surface area contributed by atoms with E-state index in [0.29, 0.717) is 0 Å². The molecule has 0 amide bonds. The van der Waals surface area contributed by atoms with E-state index in [1.807, 2.05) is 0 Å². The van der Waals surface area contributed by atoms with Crippen molar-refractivity contribution < 1.29 is 15.0 Å². The van der Waals surface area contributed by atoms with E-state index in [-0.39, 0.29) is 0 Å².